The van der Waals surface area contributed by atoms with Gasteiger partial charge in [-0.25, -0.2) is 0 Å². The van der Waals surface area contributed by atoms with Crippen molar-refractivity contribution in [1.29, 1.82) is 0 Å². The summed E-state index contributed by atoms with van der Waals surface area (Å²) >= 11 is 0. The third kappa shape index (κ3) is 4.77. The van der Waals surface area contributed by atoms with Gasteiger partial charge in [-0.15, -0.1) is 0 Å². The molecule has 42 heavy (non-hydrogen) atoms. The van der Waals surface area contributed by atoms with Crippen LogP contribution in [0.5, 0.6) is 23.0 Å². The zero-order chi connectivity index (χ0) is 28.5. The molecule has 2 aliphatic rings. The van der Waals surface area contributed by atoms with Crippen molar-refractivity contribution in [3.05, 3.63) is 155 Å². The normalized spacial score (nSPS) is 13.3. The molecule has 0 radical (unpaired) electrons. The molecule has 0 aromatic heterocycles. The number of hydrogen-bond acceptors (Lipinski definition) is 4. The summed E-state index contributed by atoms with van der Waals surface area (Å²) in [5.41, 5.74) is 5.37. The lowest BCUT2D eigenvalue weighted by Crippen LogP contribution is -2.31. The number of rotatable bonds is 6. The summed E-state index contributed by atoms with van der Waals surface area (Å²) in [4.78, 5) is 26.9. The maximum atomic E-state index is 13.4. The molecule has 2 aliphatic heterocycles. The first-order valence-corrected chi connectivity index (χ1v) is 14.0. The maximum Gasteiger partial charge on any atom is 0.232 e. The highest BCUT2D eigenvalue weighted by atomic mass is 16.5. The highest BCUT2D eigenvalue weighted by Gasteiger charge is 2.33. The van der Waals surface area contributed by atoms with Crippen LogP contribution >= 0.6 is 0 Å². The van der Waals surface area contributed by atoms with E-state index in [0.29, 0.717) is 36.1 Å². The molecule has 0 fully saturated rings. The second-order valence-electron chi connectivity index (χ2n) is 10.5. The predicted octanol–water partition coefficient (Wildman–Crippen LogP) is 6.79. The average molecular weight is 553 g/mol. The van der Waals surface area contributed by atoms with Crippen LogP contribution in [-0.2, 0) is 22.7 Å². The molecule has 206 valence electrons. The number of hydrogen-bond donors (Lipinski definition) is 2. The number of para-hydroxylation sites is 4. The molecule has 0 atom stereocenters. The zero-order valence-corrected chi connectivity index (χ0v) is 22.7. The van der Waals surface area contributed by atoms with Gasteiger partial charge in [-0.3, -0.25) is 9.59 Å². The second-order valence-corrected chi connectivity index (χ2v) is 10.5. The summed E-state index contributed by atoms with van der Waals surface area (Å²) < 4.78 is 12.1. The SMILES string of the molecule is O=C(NCc1ccc(CNC(=O)C2c3ccccc3Oc3ccccc32)cc1)C1c2ccccc2Oc2ccccc21. The van der Waals surface area contributed by atoms with E-state index in [4.69, 9.17) is 9.47 Å². The van der Waals surface area contributed by atoms with Gasteiger partial charge in [-0.2, -0.15) is 0 Å². The van der Waals surface area contributed by atoms with Crippen molar-refractivity contribution in [2.24, 2.45) is 0 Å². The van der Waals surface area contributed by atoms with Gasteiger partial charge < -0.3 is 20.1 Å². The van der Waals surface area contributed by atoms with Crippen molar-refractivity contribution >= 4 is 11.8 Å². The number of carbonyl (C=O) groups excluding carboxylic acids is 2. The van der Waals surface area contributed by atoms with Gasteiger partial charge in [0.05, 0.1) is 11.8 Å². The third-order valence-corrected chi connectivity index (χ3v) is 7.84. The van der Waals surface area contributed by atoms with Crippen molar-refractivity contribution in [1.82, 2.24) is 10.6 Å². The first kappa shape index (κ1) is 25.6. The van der Waals surface area contributed by atoms with Crippen molar-refractivity contribution in [2.75, 3.05) is 0 Å². The van der Waals surface area contributed by atoms with E-state index in [9.17, 15) is 9.59 Å². The summed E-state index contributed by atoms with van der Waals surface area (Å²) in [6.45, 7) is 0.783. The summed E-state index contributed by atoms with van der Waals surface area (Å²) in [5.74, 6) is 1.78. The molecule has 5 aromatic rings. The van der Waals surface area contributed by atoms with E-state index in [1.165, 1.54) is 0 Å². The molecule has 2 heterocycles. The fourth-order valence-electron chi connectivity index (χ4n) is 5.74. The minimum Gasteiger partial charge on any atom is -0.457 e. The van der Waals surface area contributed by atoms with E-state index >= 15 is 0 Å². The molecule has 6 nitrogen and oxygen atoms in total. The fraction of sp³-hybridized carbons (Fsp3) is 0.111. The van der Waals surface area contributed by atoms with E-state index in [-0.39, 0.29) is 11.8 Å². The minimum atomic E-state index is -0.443. The maximum absolute atomic E-state index is 13.4. The van der Waals surface area contributed by atoms with Gasteiger partial charge in [0.1, 0.15) is 23.0 Å². The van der Waals surface area contributed by atoms with Crippen LogP contribution in [-0.4, -0.2) is 11.8 Å². The Kier molecular flexibility index (Phi) is 6.64. The summed E-state index contributed by atoms with van der Waals surface area (Å²) in [7, 11) is 0. The fourth-order valence-corrected chi connectivity index (χ4v) is 5.74. The lowest BCUT2D eigenvalue weighted by Gasteiger charge is -2.27. The van der Waals surface area contributed by atoms with Crippen molar-refractivity contribution in [3.8, 4) is 23.0 Å². The number of amides is 2. The van der Waals surface area contributed by atoms with Crippen LogP contribution in [0.2, 0.25) is 0 Å². The van der Waals surface area contributed by atoms with Crippen molar-refractivity contribution in [2.45, 2.75) is 24.9 Å². The number of nitrogens with one attached hydrogen (secondary N) is 2. The molecule has 2 amide bonds. The first-order chi connectivity index (χ1) is 20.7. The van der Waals surface area contributed by atoms with Crippen molar-refractivity contribution in [3.63, 3.8) is 0 Å². The van der Waals surface area contributed by atoms with Crippen LogP contribution in [0.3, 0.4) is 0 Å². The third-order valence-electron chi connectivity index (χ3n) is 7.84. The highest BCUT2D eigenvalue weighted by molar-refractivity contribution is 5.90. The van der Waals surface area contributed by atoms with E-state index in [1.54, 1.807) is 0 Å². The lowest BCUT2D eigenvalue weighted by atomic mass is 9.87. The van der Waals surface area contributed by atoms with Crippen LogP contribution in [0, 0.1) is 0 Å². The molecule has 0 aliphatic carbocycles. The Labute approximate surface area is 243 Å². The smallest absolute Gasteiger partial charge is 0.232 e. The van der Waals surface area contributed by atoms with Crippen LogP contribution in [0.1, 0.15) is 45.2 Å². The Morgan fingerprint density at radius 2 is 0.738 bits per heavy atom. The average Bonchev–Trinajstić information content (AvgIpc) is 3.04. The first-order valence-electron chi connectivity index (χ1n) is 14.0. The summed E-state index contributed by atoms with van der Waals surface area (Å²) in [6.07, 6.45) is 0. The van der Waals surface area contributed by atoms with Crippen LogP contribution < -0.4 is 20.1 Å². The molecular formula is C36H28N2O4. The van der Waals surface area contributed by atoms with E-state index in [0.717, 1.165) is 33.4 Å². The van der Waals surface area contributed by atoms with Crippen LogP contribution in [0.25, 0.3) is 0 Å². The molecule has 0 spiro atoms. The van der Waals surface area contributed by atoms with Gasteiger partial charge in [0.15, 0.2) is 0 Å². The Balaban J connectivity index is 1.01. The Morgan fingerprint density at radius 1 is 0.452 bits per heavy atom. The number of ether oxygens (including phenoxy) is 2. The van der Waals surface area contributed by atoms with E-state index in [2.05, 4.69) is 10.6 Å². The summed E-state index contributed by atoms with van der Waals surface area (Å²) in [6, 6.07) is 38.6. The number of benzene rings is 5. The van der Waals surface area contributed by atoms with E-state index < -0.39 is 11.8 Å². The molecular weight excluding hydrogens is 524 g/mol. The monoisotopic (exact) mass is 552 g/mol. The van der Waals surface area contributed by atoms with Gasteiger partial charge in [-0.05, 0) is 35.4 Å². The standard InChI is InChI=1S/C36H28N2O4/c39-35(33-25-9-1-5-13-29(25)41-30-14-6-2-10-26(30)33)37-21-23-17-19-24(20-18-23)22-38-36(40)34-27-11-3-7-15-31(27)42-32-16-8-4-12-28(32)34/h1-20,33-34H,21-22H2,(H,37,39)(H,38,40). The van der Waals surface area contributed by atoms with Gasteiger partial charge in [-0.1, -0.05) is 97.1 Å². The Hall–Kier alpha value is -5.36. The van der Waals surface area contributed by atoms with Gasteiger partial charge in [0.25, 0.3) is 0 Å². The summed E-state index contributed by atoms with van der Waals surface area (Å²) in [5, 5.41) is 6.21. The van der Waals surface area contributed by atoms with Gasteiger partial charge in [0, 0.05) is 35.3 Å². The van der Waals surface area contributed by atoms with Crippen LogP contribution in [0.15, 0.2) is 121 Å². The Morgan fingerprint density at radius 3 is 1.05 bits per heavy atom. The molecule has 0 saturated carbocycles. The largest absolute Gasteiger partial charge is 0.457 e. The van der Waals surface area contributed by atoms with Gasteiger partial charge >= 0.3 is 0 Å². The molecule has 0 unspecified atom stereocenters. The lowest BCUT2D eigenvalue weighted by molar-refractivity contribution is -0.122. The second kappa shape index (κ2) is 10.9. The number of fused-ring (bicyclic) bond motifs is 4. The molecule has 2 N–H and O–H groups in total. The van der Waals surface area contributed by atoms with Crippen LogP contribution in [0.4, 0.5) is 0 Å². The predicted molar refractivity (Wildman–Crippen MR) is 160 cm³/mol. The van der Waals surface area contributed by atoms with Gasteiger partial charge in [0.2, 0.25) is 11.8 Å². The zero-order valence-electron chi connectivity index (χ0n) is 22.7. The van der Waals surface area contributed by atoms with E-state index in [1.807, 2.05) is 121 Å². The minimum absolute atomic E-state index is 0.0773. The number of carbonyl (C=O) groups is 2. The molecule has 7 rings (SSSR count). The topological polar surface area (TPSA) is 76.7 Å². The van der Waals surface area contributed by atoms with Crippen molar-refractivity contribution < 1.29 is 19.1 Å². The molecule has 0 saturated heterocycles. The molecule has 0 bridgehead atoms. The quantitative estimate of drug-likeness (QED) is 0.243. The Bertz CT molecular complexity index is 1570. The highest BCUT2D eigenvalue weighted by Crippen LogP contribution is 2.45. The molecule has 6 heteroatoms. The molecule has 5 aromatic carbocycles.